The Kier molecular flexibility index (Phi) is 7.05. The Morgan fingerprint density at radius 2 is 1.77 bits per heavy atom. The van der Waals surface area contributed by atoms with Gasteiger partial charge in [0.2, 0.25) is 5.75 Å². The summed E-state index contributed by atoms with van der Waals surface area (Å²) in [7, 11) is 2.91. The van der Waals surface area contributed by atoms with E-state index < -0.39 is 29.0 Å². The number of aliphatic hydroxyl groups is 2. The summed E-state index contributed by atoms with van der Waals surface area (Å²) in [5.74, 6) is -2.34. The van der Waals surface area contributed by atoms with Crippen LogP contribution in [0.5, 0.6) is 28.7 Å². The molecule has 4 unspecified atom stereocenters. The summed E-state index contributed by atoms with van der Waals surface area (Å²) in [5, 5.41) is 43.2. The van der Waals surface area contributed by atoms with Gasteiger partial charge in [0.15, 0.2) is 17.1 Å². The lowest BCUT2D eigenvalue weighted by Crippen LogP contribution is -2.48. The number of carboxylic acids is 1. The zero-order valence-electron chi connectivity index (χ0n) is 21.8. The molecule has 3 aromatic carbocycles. The molecule has 1 aliphatic carbocycles. The summed E-state index contributed by atoms with van der Waals surface area (Å²) in [4.78, 5) is 12.7. The summed E-state index contributed by atoms with van der Waals surface area (Å²) in [5.41, 5.74) is -2.06. The third-order valence-electron chi connectivity index (χ3n) is 7.85. The second-order valence-corrected chi connectivity index (χ2v) is 9.87. The lowest BCUT2D eigenvalue weighted by molar-refractivity contribution is -0.142. The Hall–Kier alpha value is -3.95. The minimum atomic E-state index is -1.89. The van der Waals surface area contributed by atoms with E-state index in [-0.39, 0.29) is 48.2 Å². The Bertz CT molecular complexity index is 1340. The van der Waals surface area contributed by atoms with Gasteiger partial charge in [0.05, 0.1) is 32.3 Å². The van der Waals surface area contributed by atoms with Gasteiger partial charge in [-0.3, -0.25) is 4.79 Å². The van der Waals surface area contributed by atoms with E-state index in [2.05, 4.69) is 0 Å². The van der Waals surface area contributed by atoms with Gasteiger partial charge in [-0.1, -0.05) is 42.5 Å². The maximum absolute atomic E-state index is 12.7. The number of rotatable bonds is 10. The van der Waals surface area contributed by atoms with E-state index in [1.54, 1.807) is 31.4 Å². The summed E-state index contributed by atoms with van der Waals surface area (Å²) in [6, 6.07) is 17.6. The highest BCUT2D eigenvalue weighted by atomic mass is 16.5. The first-order chi connectivity index (χ1) is 18.8. The standard InChI is InChI=1S/C30H32O9/c1-36-20-12-10-19(11-13-20)30-24(18-8-4-3-5-9-18)21(28(33)34)17-29(30,35)25-22(39-30)16-23(26(32)27(25)37-2)38-15-7-6-14-31/h3-5,8-13,16,21,24,31-32,35H,6-7,14-15,17H2,1-2H3,(H,33,34). The molecule has 0 spiro atoms. The number of benzene rings is 3. The fourth-order valence-electron chi connectivity index (χ4n) is 6.19. The highest BCUT2D eigenvalue weighted by Crippen LogP contribution is 2.71. The number of fused-ring (bicyclic) bond motifs is 3. The highest BCUT2D eigenvalue weighted by Gasteiger charge is 2.74. The fraction of sp³-hybridized carbons (Fsp3) is 0.367. The van der Waals surface area contributed by atoms with Crippen molar-refractivity contribution in [2.45, 2.75) is 36.4 Å². The van der Waals surface area contributed by atoms with Crippen LogP contribution in [0.3, 0.4) is 0 Å². The van der Waals surface area contributed by atoms with Gasteiger partial charge in [-0.15, -0.1) is 0 Å². The third-order valence-corrected chi connectivity index (χ3v) is 7.85. The predicted octanol–water partition coefficient (Wildman–Crippen LogP) is 3.92. The number of ether oxygens (including phenoxy) is 4. The molecule has 5 rings (SSSR count). The smallest absolute Gasteiger partial charge is 0.307 e. The number of phenolic OH excluding ortho intramolecular Hbond substituents is 1. The number of aliphatic carboxylic acids is 1. The van der Waals surface area contributed by atoms with Gasteiger partial charge in [0, 0.05) is 18.6 Å². The van der Waals surface area contributed by atoms with E-state index in [1.807, 2.05) is 30.3 Å². The van der Waals surface area contributed by atoms with E-state index in [1.165, 1.54) is 13.2 Å². The Morgan fingerprint density at radius 3 is 2.38 bits per heavy atom. The summed E-state index contributed by atoms with van der Waals surface area (Å²) in [6.07, 6.45) is 0.911. The fourth-order valence-corrected chi connectivity index (χ4v) is 6.19. The number of carbonyl (C=O) groups is 1. The van der Waals surface area contributed by atoms with E-state index in [0.717, 1.165) is 0 Å². The van der Waals surface area contributed by atoms with Crippen LogP contribution in [0.1, 0.15) is 41.9 Å². The molecular formula is C30H32O9. The lowest BCUT2D eigenvalue weighted by atomic mass is 9.70. The molecule has 3 aromatic rings. The van der Waals surface area contributed by atoms with Crippen LogP contribution in [0.15, 0.2) is 60.7 Å². The number of hydrogen-bond donors (Lipinski definition) is 4. The quantitative estimate of drug-likeness (QED) is 0.284. The molecule has 0 saturated heterocycles. The first-order valence-corrected chi connectivity index (χ1v) is 12.8. The number of aliphatic hydroxyl groups excluding tert-OH is 1. The summed E-state index contributed by atoms with van der Waals surface area (Å²) >= 11 is 0. The Labute approximate surface area is 226 Å². The molecule has 0 aromatic heterocycles. The van der Waals surface area contributed by atoms with Gasteiger partial charge in [-0.2, -0.15) is 0 Å². The third kappa shape index (κ3) is 4.04. The molecule has 4 atom stereocenters. The van der Waals surface area contributed by atoms with Crippen LogP contribution < -0.4 is 18.9 Å². The van der Waals surface area contributed by atoms with Crippen LogP contribution in [0.4, 0.5) is 0 Å². The van der Waals surface area contributed by atoms with Gasteiger partial charge < -0.3 is 39.4 Å². The molecule has 4 N–H and O–H groups in total. The molecular weight excluding hydrogens is 504 g/mol. The molecule has 206 valence electrons. The predicted molar refractivity (Wildman–Crippen MR) is 141 cm³/mol. The van der Waals surface area contributed by atoms with Gasteiger partial charge in [0.25, 0.3) is 0 Å². The van der Waals surface area contributed by atoms with Crippen molar-refractivity contribution in [3.8, 4) is 28.7 Å². The zero-order chi connectivity index (χ0) is 27.8. The van der Waals surface area contributed by atoms with Crippen LogP contribution in [-0.2, 0) is 16.0 Å². The second kappa shape index (κ2) is 10.3. The zero-order valence-corrected chi connectivity index (χ0v) is 21.8. The number of phenols is 1. The average molecular weight is 537 g/mol. The molecule has 9 nitrogen and oxygen atoms in total. The highest BCUT2D eigenvalue weighted by molar-refractivity contribution is 5.76. The van der Waals surface area contributed by atoms with Crippen LogP contribution in [0.25, 0.3) is 0 Å². The van der Waals surface area contributed by atoms with Gasteiger partial charge in [-0.05, 0) is 42.5 Å². The first kappa shape index (κ1) is 26.6. The monoisotopic (exact) mass is 536 g/mol. The van der Waals surface area contributed by atoms with Gasteiger partial charge >= 0.3 is 5.97 Å². The number of unbranched alkanes of at least 4 members (excludes halogenated alkanes) is 1. The molecule has 0 bridgehead atoms. The molecule has 9 heteroatoms. The van der Waals surface area contributed by atoms with Crippen molar-refractivity contribution in [2.75, 3.05) is 27.4 Å². The molecule has 1 aliphatic heterocycles. The number of carboxylic acid groups (broad SMARTS) is 1. The maximum atomic E-state index is 12.7. The normalized spacial score (nSPS) is 24.9. The Morgan fingerprint density at radius 1 is 1.05 bits per heavy atom. The van der Waals surface area contributed by atoms with Crippen LogP contribution in [0.2, 0.25) is 0 Å². The minimum Gasteiger partial charge on any atom is -0.502 e. The molecule has 39 heavy (non-hydrogen) atoms. The summed E-state index contributed by atoms with van der Waals surface area (Å²) in [6.45, 7) is 0.257. The topological polar surface area (TPSA) is 135 Å². The van der Waals surface area contributed by atoms with E-state index >= 15 is 0 Å². The van der Waals surface area contributed by atoms with Crippen molar-refractivity contribution in [1.82, 2.24) is 0 Å². The molecule has 1 heterocycles. The van der Waals surface area contributed by atoms with Gasteiger partial charge in [0.1, 0.15) is 17.1 Å². The van der Waals surface area contributed by atoms with Crippen LogP contribution >= 0.6 is 0 Å². The lowest BCUT2D eigenvalue weighted by Gasteiger charge is -2.40. The molecule has 1 saturated carbocycles. The van der Waals surface area contributed by atoms with Gasteiger partial charge in [-0.25, -0.2) is 0 Å². The SMILES string of the molecule is COc1ccc(C23Oc4cc(OCCCCO)c(O)c(OC)c4C2(O)CC(C(=O)O)C3c2ccccc2)cc1. The number of methoxy groups -OCH3 is 2. The average Bonchev–Trinajstić information content (AvgIpc) is 3.36. The molecule has 0 radical (unpaired) electrons. The van der Waals surface area contributed by atoms with Crippen molar-refractivity contribution in [3.05, 3.63) is 77.4 Å². The summed E-state index contributed by atoms with van der Waals surface area (Å²) < 4.78 is 23.5. The van der Waals surface area contributed by atoms with Crippen molar-refractivity contribution < 1.29 is 44.2 Å². The van der Waals surface area contributed by atoms with Crippen molar-refractivity contribution in [2.24, 2.45) is 5.92 Å². The van der Waals surface area contributed by atoms with E-state index in [9.17, 15) is 20.1 Å². The van der Waals surface area contributed by atoms with Crippen LogP contribution in [-0.4, -0.2) is 53.8 Å². The van der Waals surface area contributed by atoms with Crippen molar-refractivity contribution >= 4 is 5.97 Å². The maximum Gasteiger partial charge on any atom is 0.307 e. The van der Waals surface area contributed by atoms with Crippen molar-refractivity contribution in [3.63, 3.8) is 0 Å². The molecule has 1 fully saturated rings. The van der Waals surface area contributed by atoms with E-state index in [0.29, 0.717) is 29.7 Å². The Balaban J connectivity index is 1.75. The molecule has 2 aliphatic rings. The van der Waals surface area contributed by atoms with Crippen LogP contribution in [0, 0.1) is 5.92 Å². The minimum absolute atomic E-state index is 0.0228. The van der Waals surface area contributed by atoms with Crippen molar-refractivity contribution in [1.29, 1.82) is 0 Å². The molecule has 0 amide bonds. The first-order valence-electron chi connectivity index (χ1n) is 12.8. The second-order valence-electron chi connectivity index (χ2n) is 9.87. The van der Waals surface area contributed by atoms with E-state index in [4.69, 9.17) is 24.1 Å². The number of hydrogen-bond acceptors (Lipinski definition) is 8. The largest absolute Gasteiger partial charge is 0.502 e. The number of aromatic hydroxyl groups is 1.